The van der Waals surface area contributed by atoms with Crippen LogP contribution in [0.1, 0.15) is 49.7 Å². The first-order valence-electron chi connectivity index (χ1n) is 10.0. The normalized spacial score (nSPS) is 17.9. The van der Waals surface area contributed by atoms with Gasteiger partial charge < -0.3 is 9.32 Å². The number of nitrogens with one attached hydrogen (secondary N) is 2. The molecule has 3 aromatic rings. The summed E-state index contributed by atoms with van der Waals surface area (Å²) in [6, 6.07) is 12.6. The van der Waals surface area contributed by atoms with Gasteiger partial charge in [0.15, 0.2) is 5.76 Å². The molecule has 1 unspecified atom stereocenters. The number of amides is 5. The van der Waals surface area contributed by atoms with Crippen LogP contribution >= 0.6 is 0 Å². The van der Waals surface area contributed by atoms with E-state index in [1.54, 1.807) is 36.4 Å². The molecule has 5 rings (SSSR count). The molecule has 2 aliphatic rings. The van der Waals surface area contributed by atoms with Crippen LogP contribution in [0.3, 0.4) is 0 Å². The maximum atomic E-state index is 13.1. The number of benzene rings is 2. The van der Waals surface area contributed by atoms with Gasteiger partial charge in [0, 0.05) is 18.4 Å². The van der Waals surface area contributed by atoms with Crippen LogP contribution < -0.4 is 10.6 Å². The van der Waals surface area contributed by atoms with Crippen molar-refractivity contribution in [1.82, 2.24) is 15.5 Å². The van der Waals surface area contributed by atoms with Crippen LogP contribution in [0.2, 0.25) is 0 Å². The van der Waals surface area contributed by atoms with Crippen molar-refractivity contribution in [2.45, 2.75) is 25.4 Å². The molecule has 2 aromatic carbocycles. The Kier molecular flexibility index (Phi) is 4.58. The van der Waals surface area contributed by atoms with Gasteiger partial charge in [-0.25, -0.2) is 0 Å². The second-order valence-electron chi connectivity index (χ2n) is 7.67. The number of nitrogens with zero attached hydrogens (tertiary/aromatic N) is 1. The molecule has 9 nitrogen and oxygen atoms in total. The number of furan rings is 1. The van der Waals surface area contributed by atoms with Crippen LogP contribution in [0.4, 0.5) is 0 Å². The van der Waals surface area contributed by atoms with E-state index in [2.05, 4.69) is 10.6 Å². The highest BCUT2D eigenvalue weighted by Gasteiger charge is 2.40. The fraction of sp³-hybridized carbons (Fsp3) is 0.174. The van der Waals surface area contributed by atoms with E-state index in [9.17, 15) is 24.0 Å². The van der Waals surface area contributed by atoms with Gasteiger partial charge in [0.1, 0.15) is 11.6 Å². The number of carbonyl (C=O) groups excluding carboxylic acids is 5. The molecule has 0 saturated carbocycles. The van der Waals surface area contributed by atoms with E-state index in [1.807, 2.05) is 0 Å². The van der Waals surface area contributed by atoms with Crippen molar-refractivity contribution in [3.63, 3.8) is 0 Å². The fourth-order valence-electron chi connectivity index (χ4n) is 4.13. The summed E-state index contributed by atoms with van der Waals surface area (Å²) < 4.78 is 5.49. The van der Waals surface area contributed by atoms with E-state index in [-0.39, 0.29) is 42.2 Å². The Balaban J connectivity index is 1.38. The molecule has 1 fully saturated rings. The SMILES string of the molecule is O=C1CCC(N2Cc3cccc(C(=O)NC(=O)c4cc5ccccc5o4)c3C2=O)C(=O)N1. The van der Waals surface area contributed by atoms with E-state index in [1.165, 1.54) is 17.0 Å². The Hall–Kier alpha value is -4.27. The maximum Gasteiger partial charge on any atom is 0.293 e. The van der Waals surface area contributed by atoms with E-state index in [4.69, 9.17) is 4.42 Å². The third-order valence-corrected chi connectivity index (χ3v) is 5.67. The lowest BCUT2D eigenvalue weighted by Gasteiger charge is -2.29. The van der Waals surface area contributed by atoms with E-state index in [0.29, 0.717) is 11.1 Å². The second kappa shape index (κ2) is 7.45. The molecule has 0 spiro atoms. The predicted octanol–water partition coefficient (Wildman–Crippen LogP) is 1.76. The van der Waals surface area contributed by atoms with Crippen LogP contribution in [0.25, 0.3) is 11.0 Å². The van der Waals surface area contributed by atoms with Crippen LogP contribution in [-0.2, 0) is 16.1 Å². The quantitative estimate of drug-likeness (QED) is 0.609. The van der Waals surface area contributed by atoms with Gasteiger partial charge >= 0.3 is 0 Å². The van der Waals surface area contributed by atoms with Gasteiger partial charge in [-0.3, -0.25) is 34.6 Å². The molecular weight excluding hydrogens is 414 g/mol. The minimum absolute atomic E-state index is 0.0244. The first kappa shape index (κ1) is 19.7. The Labute approximate surface area is 181 Å². The van der Waals surface area contributed by atoms with Crippen molar-refractivity contribution >= 4 is 40.5 Å². The summed E-state index contributed by atoms with van der Waals surface area (Å²) in [7, 11) is 0. The predicted molar refractivity (Wildman–Crippen MR) is 110 cm³/mol. The molecule has 3 heterocycles. The van der Waals surface area contributed by atoms with Crippen molar-refractivity contribution in [3.8, 4) is 0 Å². The zero-order chi connectivity index (χ0) is 22.4. The highest BCUT2D eigenvalue weighted by Crippen LogP contribution is 2.30. The minimum Gasteiger partial charge on any atom is -0.451 e. The Morgan fingerprint density at radius 2 is 1.84 bits per heavy atom. The molecule has 160 valence electrons. The first-order chi connectivity index (χ1) is 15.4. The highest BCUT2D eigenvalue weighted by molar-refractivity contribution is 6.16. The first-order valence-corrected chi connectivity index (χ1v) is 10.0. The standard InChI is InChI=1S/C23H17N3O6/c27-18-9-8-15(21(29)24-18)26-11-13-5-3-6-14(19(13)23(26)31)20(28)25-22(30)17-10-12-4-1-2-7-16(12)32-17/h1-7,10,15H,8-9,11H2,(H,24,27,29)(H,25,28,30). The number of imide groups is 2. The van der Waals surface area contributed by atoms with E-state index >= 15 is 0 Å². The molecule has 5 amide bonds. The molecule has 0 radical (unpaired) electrons. The molecule has 1 atom stereocenters. The lowest BCUT2D eigenvalue weighted by atomic mass is 10.0. The smallest absolute Gasteiger partial charge is 0.293 e. The van der Waals surface area contributed by atoms with Gasteiger partial charge in [0.2, 0.25) is 11.8 Å². The number of piperidine rings is 1. The Bertz CT molecular complexity index is 1290. The van der Waals surface area contributed by atoms with E-state index in [0.717, 1.165) is 5.39 Å². The number of hydrogen-bond donors (Lipinski definition) is 2. The lowest BCUT2D eigenvalue weighted by molar-refractivity contribution is -0.136. The van der Waals surface area contributed by atoms with Crippen molar-refractivity contribution in [3.05, 3.63) is 71.0 Å². The van der Waals surface area contributed by atoms with Crippen LogP contribution in [0, 0.1) is 0 Å². The van der Waals surface area contributed by atoms with Crippen LogP contribution in [-0.4, -0.2) is 40.5 Å². The van der Waals surface area contributed by atoms with Crippen LogP contribution in [0.15, 0.2) is 52.9 Å². The van der Waals surface area contributed by atoms with Gasteiger partial charge in [0.05, 0.1) is 11.1 Å². The largest absolute Gasteiger partial charge is 0.451 e. The van der Waals surface area contributed by atoms with Crippen molar-refractivity contribution in [2.75, 3.05) is 0 Å². The number of para-hydroxylation sites is 1. The summed E-state index contributed by atoms with van der Waals surface area (Å²) in [6.45, 7) is 0.138. The third-order valence-electron chi connectivity index (χ3n) is 5.67. The molecular formula is C23H17N3O6. The van der Waals surface area contributed by atoms with Crippen molar-refractivity contribution in [2.24, 2.45) is 0 Å². The number of fused-ring (bicyclic) bond motifs is 2. The summed E-state index contributed by atoms with van der Waals surface area (Å²) in [4.78, 5) is 63.5. The number of rotatable bonds is 3. The van der Waals surface area contributed by atoms with Crippen LogP contribution in [0.5, 0.6) is 0 Å². The van der Waals surface area contributed by atoms with Gasteiger partial charge in [0.25, 0.3) is 17.7 Å². The second-order valence-corrected chi connectivity index (χ2v) is 7.67. The molecule has 1 aromatic heterocycles. The van der Waals surface area contributed by atoms with E-state index < -0.39 is 29.7 Å². The van der Waals surface area contributed by atoms with Crippen molar-refractivity contribution in [1.29, 1.82) is 0 Å². The zero-order valence-electron chi connectivity index (χ0n) is 16.7. The average molecular weight is 431 g/mol. The minimum atomic E-state index is -0.791. The molecule has 2 aliphatic heterocycles. The number of carbonyl (C=O) groups is 5. The monoisotopic (exact) mass is 431 g/mol. The summed E-state index contributed by atoms with van der Waals surface area (Å²) >= 11 is 0. The molecule has 2 N–H and O–H groups in total. The summed E-state index contributed by atoms with van der Waals surface area (Å²) in [5.74, 6) is -2.89. The molecule has 0 aliphatic carbocycles. The van der Waals surface area contributed by atoms with Gasteiger partial charge in [-0.2, -0.15) is 0 Å². The Morgan fingerprint density at radius 1 is 1.03 bits per heavy atom. The summed E-state index contributed by atoms with van der Waals surface area (Å²) in [5.41, 5.74) is 1.27. The van der Waals surface area contributed by atoms with Gasteiger partial charge in [-0.15, -0.1) is 0 Å². The average Bonchev–Trinajstić information content (AvgIpc) is 3.35. The third kappa shape index (κ3) is 3.24. The maximum absolute atomic E-state index is 13.1. The van der Waals surface area contributed by atoms with Gasteiger partial charge in [-0.05, 0) is 30.2 Å². The van der Waals surface area contributed by atoms with Crippen molar-refractivity contribution < 1.29 is 28.4 Å². The van der Waals surface area contributed by atoms with Gasteiger partial charge in [-0.1, -0.05) is 30.3 Å². The number of hydrogen-bond acceptors (Lipinski definition) is 6. The molecule has 32 heavy (non-hydrogen) atoms. The zero-order valence-corrected chi connectivity index (χ0v) is 16.7. The molecule has 0 bridgehead atoms. The summed E-state index contributed by atoms with van der Waals surface area (Å²) in [6.07, 6.45) is 0.354. The molecule has 9 heteroatoms. The fourth-order valence-corrected chi connectivity index (χ4v) is 4.13. The molecule has 1 saturated heterocycles. The lowest BCUT2D eigenvalue weighted by Crippen LogP contribution is -2.52. The Morgan fingerprint density at radius 3 is 2.62 bits per heavy atom. The highest BCUT2D eigenvalue weighted by atomic mass is 16.3. The summed E-state index contributed by atoms with van der Waals surface area (Å²) in [5, 5.41) is 5.23. The topological polar surface area (TPSA) is 126 Å².